The Labute approximate surface area is 101 Å². The number of nitrogen functional groups attached to an aromatic ring is 1. The molecule has 0 aromatic carbocycles. The largest absolute Gasteiger partial charge is 0.397 e. The molecule has 17 heavy (non-hydrogen) atoms. The van der Waals surface area contributed by atoms with Gasteiger partial charge in [-0.05, 0) is 44.4 Å². The van der Waals surface area contributed by atoms with Crippen molar-refractivity contribution in [1.82, 2.24) is 14.8 Å². The van der Waals surface area contributed by atoms with E-state index < -0.39 is 0 Å². The highest BCUT2D eigenvalue weighted by Crippen LogP contribution is 2.19. The zero-order valence-corrected chi connectivity index (χ0v) is 10.8. The number of aromatic nitrogens is 3. The Bertz CT molecular complexity index is 555. The lowest BCUT2D eigenvalue weighted by Crippen LogP contribution is -2.04. The van der Waals surface area contributed by atoms with Crippen molar-refractivity contribution in [2.75, 3.05) is 5.73 Å². The van der Waals surface area contributed by atoms with Crippen molar-refractivity contribution < 1.29 is 0 Å². The third-order valence-electron chi connectivity index (χ3n) is 3.15. The summed E-state index contributed by atoms with van der Waals surface area (Å²) in [6.07, 6.45) is 2.68. The maximum atomic E-state index is 5.77. The van der Waals surface area contributed by atoms with Gasteiger partial charge in [-0.2, -0.15) is 5.10 Å². The van der Waals surface area contributed by atoms with Crippen molar-refractivity contribution in [1.29, 1.82) is 0 Å². The van der Waals surface area contributed by atoms with Gasteiger partial charge < -0.3 is 5.73 Å². The van der Waals surface area contributed by atoms with E-state index in [0.717, 1.165) is 29.2 Å². The molecule has 0 saturated heterocycles. The van der Waals surface area contributed by atoms with Gasteiger partial charge in [-0.1, -0.05) is 6.92 Å². The average Bonchev–Trinajstić information content (AvgIpc) is 2.58. The second-order valence-electron chi connectivity index (χ2n) is 4.31. The Kier molecular flexibility index (Phi) is 2.88. The van der Waals surface area contributed by atoms with E-state index in [1.807, 2.05) is 24.6 Å². The molecule has 0 aliphatic carbocycles. The zero-order valence-electron chi connectivity index (χ0n) is 10.8. The Balaban J connectivity index is 2.57. The third-order valence-corrected chi connectivity index (χ3v) is 3.15. The number of aryl methyl sites for hydroxylation is 2. The topological polar surface area (TPSA) is 56.7 Å². The van der Waals surface area contributed by atoms with Crippen LogP contribution in [0.5, 0.6) is 0 Å². The molecule has 2 aromatic rings. The standard InChI is InChI=1S/C13H18N4/c1-5-11-9(3)16-17(10(11)4)13-6-8(2)12(14)7-15-13/h6-7H,5,14H2,1-4H3. The van der Waals surface area contributed by atoms with Gasteiger partial charge in [-0.25, -0.2) is 9.67 Å². The summed E-state index contributed by atoms with van der Waals surface area (Å²) in [6, 6.07) is 1.97. The Hall–Kier alpha value is -1.84. The lowest BCUT2D eigenvalue weighted by Gasteiger charge is -2.06. The van der Waals surface area contributed by atoms with Crippen molar-refractivity contribution in [3.8, 4) is 5.82 Å². The summed E-state index contributed by atoms with van der Waals surface area (Å²) in [4.78, 5) is 4.33. The normalized spacial score (nSPS) is 10.8. The smallest absolute Gasteiger partial charge is 0.153 e. The minimum Gasteiger partial charge on any atom is -0.397 e. The first-order chi connectivity index (χ1) is 8.04. The Morgan fingerprint density at radius 3 is 2.53 bits per heavy atom. The molecular formula is C13H18N4. The molecule has 2 heterocycles. The second-order valence-corrected chi connectivity index (χ2v) is 4.31. The minimum atomic E-state index is 0.714. The molecular weight excluding hydrogens is 212 g/mol. The van der Waals surface area contributed by atoms with Crippen molar-refractivity contribution in [3.63, 3.8) is 0 Å². The fraction of sp³-hybridized carbons (Fsp3) is 0.385. The first-order valence-corrected chi connectivity index (χ1v) is 5.82. The van der Waals surface area contributed by atoms with E-state index >= 15 is 0 Å². The molecule has 2 aromatic heterocycles. The van der Waals surface area contributed by atoms with Crippen LogP contribution in [0.1, 0.15) is 29.4 Å². The van der Waals surface area contributed by atoms with Crippen LogP contribution in [-0.4, -0.2) is 14.8 Å². The molecule has 2 rings (SSSR count). The molecule has 0 aliphatic rings. The maximum Gasteiger partial charge on any atom is 0.153 e. The summed E-state index contributed by atoms with van der Waals surface area (Å²) in [5.41, 5.74) is 11.0. The number of anilines is 1. The van der Waals surface area contributed by atoms with Crippen molar-refractivity contribution in [2.45, 2.75) is 34.1 Å². The fourth-order valence-electron chi connectivity index (χ4n) is 2.08. The summed E-state index contributed by atoms with van der Waals surface area (Å²) in [5.74, 6) is 0.831. The molecule has 2 N–H and O–H groups in total. The van der Waals surface area contributed by atoms with Gasteiger partial charge in [0.15, 0.2) is 5.82 Å². The fourth-order valence-corrected chi connectivity index (χ4v) is 2.08. The van der Waals surface area contributed by atoms with Gasteiger partial charge in [0.25, 0.3) is 0 Å². The maximum absolute atomic E-state index is 5.77. The highest BCUT2D eigenvalue weighted by Gasteiger charge is 2.12. The molecule has 0 radical (unpaired) electrons. The summed E-state index contributed by atoms with van der Waals surface area (Å²) in [6.45, 7) is 8.23. The predicted molar refractivity (Wildman–Crippen MR) is 69.4 cm³/mol. The number of pyridine rings is 1. The van der Waals surface area contributed by atoms with Gasteiger partial charge in [0.2, 0.25) is 0 Å². The van der Waals surface area contributed by atoms with Gasteiger partial charge in [0.1, 0.15) is 0 Å². The van der Waals surface area contributed by atoms with E-state index in [1.165, 1.54) is 5.56 Å². The highest BCUT2D eigenvalue weighted by atomic mass is 15.3. The van der Waals surface area contributed by atoms with Crippen LogP contribution >= 0.6 is 0 Å². The van der Waals surface area contributed by atoms with Crippen LogP contribution in [-0.2, 0) is 6.42 Å². The van der Waals surface area contributed by atoms with Crippen molar-refractivity contribution >= 4 is 5.69 Å². The molecule has 0 bridgehead atoms. The van der Waals surface area contributed by atoms with Crippen molar-refractivity contribution in [3.05, 3.63) is 34.8 Å². The molecule has 90 valence electrons. The third kappa shape index (κ3) is 1.90. The number of hydrogen-bond acceptors (Lipinski definition) is 3. The van der Waals surface area contributed by atoms with E-state index in [-0.39, 0.29) is 0 Å². The average molecular weight is 230 g/mol. The van der Waals surface area contributed by atoms with Crippen LogP contribution in [0, 0.1) is 20.8 Å². The van der Waals surface area contributed by atoms with Crippen LogP contribution < -0.4 is 5.73 Å². The molecule has 0 atom stereocenters. The first kappa shape index (κ1) is 11.6. The van der Waals surface area contributed by atoms with Crippen molar-refractivity contribution in [2.24, 2.45) is 0 Å². The van der Waals surface area contributed by atoms with Gasteiger partial charge in [0.05, 0.1) is 17.6 Å². The first-order valence-electron chi connectivity index (χ1n) is 5.82. The summed E-state index contributed by atoms with van der Waals surface area (Å²) >= 11 is 0. The molecule has 0 unspecified atom stereocenters. The molecule has 0 spiro atoms. The van der Waals surface area contributed by atoms with Crippen LogP contribution in [0.3, 0.4) is 0 Å². The SMILES string of the molecule is CCc1c(C)nn(-c2cc(C)c(N)cn2)c1C. The Morgan fingerprint density at radius 1 is 1.29 bits per heavy atom. The predicted octanol–water partition coefficient (Wildman–Crippen LogP) is 2.34. The molecule has 4 heteroatoms. The molecule has 0 aliphatic heterocycles. The number of nitrogens with zero attached hydrogens (tertiary/aromatic N) is 3. The van der Waals surface area contributed by atoms with E-state index in [4.69, 9.17) is 5.73 Å². The molecule has 0 saturated carbocycles. The minimum absolute atomic E-state index is 0.714. The lowest BCUT2D eigenvalue weighted by molar-refractivity contribution is 0.804. The molecule has 4 nitrogen and oxygen atoms in total. The number of nitrogens with two attached hydrogens (primary N) is 1. The van der Waals surface area contributed by atoms with Gasteiger partial charge in [-0.3, -0.25) is 0 Å². The zero-order chi connectivity index (χ0) is 12.6. The lowest BCUT2D eigenvalue weighted by atomic mass is 10.1. The second kappa shape index (κ2) is 4.20. The number of rotatable bonds is 2. The summed E-state index contributed by atoms with van der Waals surface area (Å²) in [7, 11) is 0. The van der Waals surface area contributed by atoms with Gasteiger partial charge >= 0.3 is 0 Å². The molecule has 0 amide bonds. The Morgan fingerprint density at radius 2 is 2.00 bits per heavy atom. The highest BCUT2D eigenvalue weighted by molar-refractivity contribution is 5.47. The van der Waals surface area contributed by atoms with E-state index in [9.17, 15) is 0 Å². The number of hydrogen-bond donors (Lipinski definition) is 1. The van der Waals surface area contributed by atoms with Gasteiger partial charge in [-0.15, -0.1) is 0 Å². The van der Waals surface area contributed by atoms with E-state index in [0.29, 0.717) is 5.69 Å². The quantitative estimate of drug-likeness (QED) is 0.861. The van der Waals surface area contributed by atoms with Crippen LogP contribution in [0.4, 0.5) is 5.69 Å². The monoisotopic (exact) mass is 230 g/mol. The van der Waals surface area contributed by atoms with E-state index in [1.54, 1.807) is 6.20 Å². The van der Waals surface area contributed by atoms with Crippen LogP contribution in [0.25, 0.3) is 5.82 Å². The molecule has 0 fully saturated rings. The van der Waals surface area contributed by atoms with Crippen LogP contribution in [0.2, 0.25) is 0 Å². The van der Waals surface area contributed by atoms with Gasteiger partial charge in [0, 0.05) is 5.69 Å². The summed E-state index contributed by atoms with van der Waals surface area (Å²) in [5, 5.41) is 4.54. The van der Waals surface area contributed by atoms with Crippen LogP contribution in [0.15, 0.2) is 12.3 Å². The summed E-state index contributed by atoms with van der Waals surface area (Å²) < 4.78 is 1.89. The van der Waals surface area contributed by atoms with E-state index in [2.05, 4.69) is 23.9 Å².